The molecular formula is C11H14N2O6. The zero-order valence-electron chi connectivity index (χ0n) is 9.91. The van der Waals surface area contributed by atoms with E-state index in [0.29, 0.717) is 0 Å². The number of nitrogens with zero attached hydrogens (tertiary/aromatic N) is 1. The summed E-state index contributed by atoms with van der Waals surface area (Å²) in [5.41, 5.74) is -2.32. The first-order valence-corrected chi connectivity index (χ1v) is 5.33. The van der Waals surface area contributed by atoms with Crippen LogP contribution < -0.4 is 5.32 Å². The van der Waals surface area contributed by atoms with Crippen LogP contribution in [0, 0.1) is 0 Å². The predicted octanol–water partition coefficient (Wildman–Crippen LogP) is -1.77. The highest BCUT2D eigenvalue weighted by molar-refractivity contribution is 6.03. The van der Waals surface area contributed by atoms with Gasteiger partial charge in [0.1, 0.15) is 11.2 Å². The fourth-order valence-corrected chi connectivity index (χ4v) is 1.33. The number of carboxylic acid groups (broad SMARTS) is 1. The number of carboxylic acids is 1. The van der Waals surface area contributed by atoms with Crippen molar-refractivity contribution in [3.8, 4) is 0 Å². The number of carbonyl (C=O) groups is 2. The zero-order chi connectivity index (χ0) is 14.5. The number of hydrogen-bond donors (Lipinski definition) is 5. The van der Waals surface area contributed by atoms with Crippen LogP contribution in [0.15, 0.2) is 18.3 Å². The average Bonchev–Trinajstić information content (AvgIpc) is 2.44. The highest BCUT2D eigenvalue weighted by Crippen LogP contribution is 2.09. The van der Waals surface area contributed by atoms with E-state index in [1.807, 2.05) is 0 Å². The van der Waals surface area contributed by atoms with Crippen molar-refractivity contribution in [3.05, 3.63) is 29.6 Å². The van der Waals surface area contributed by atoms with Gasteiger partial charge in [-0.1, -0.05) is 0 Å². The molecule has 0 aliphatic carbocycles. The standard InChI is InChI=1S/C11H14N2O6/c14-4-11(5-15,6-16)13-9(17)8-7(10(18)19)2-1-3-12-8/h1-3,14-16H,4-6H2,(H,13,17)(H,18,19). The molecule has 104 valence electrons. The molecule has 0 saturated heterocycles. The Morgan fingerprint density at radius 3 is 2.26 bits per heavy atom. The lowest BCUT2D eigenvalue weighted by atomic mass is 10.0. The number of nitrogens with one attached hydrogen (secondary N) is 1. The van der Waals surface area contributed by atoms with Gasteiger partial charge in [0.05, 0.1) is 25.4 Å². The van der Waals surface area contributed by atoms with Crippen LogP contribution >= 0.6 is 0 Å². The molecule has 0 saturated carbocycles. The minimum atomic E-state index is -1.63. The quantitative estimate of drug-likeness (QED) is 0.412. The van der Waals surface area contributed by atoms with E-state index in [0.717, 1.165) is 0 Å². The number of rotatable bonds is 6. The first kappa shape index (κ1) is 15.0. The van der Waals surface area contributed by atoms with Gasteiger partial charge in [-0.05, 0) is 12.1 Å². The molecule has 1 rings (SSSR count). The number of hydrogen-bond acceptors (Lipinski definition) is 6. The minimum Gasteiger partial charge on any atom is -0.478 e. The van der Waals surface area contributed by atoms with Crippen molar-refractivity contribution in [1.29, 1.82) is 0 Å². The largest absolute Gasteiger partial charge is 0.478 e. The third-order valence-electron chi connectivity index (χ3n) is 2.54. The third kappa shape index (κ3) is 3.25. The van der Waals surface area contributed by atoms with Gasteiger partial charge in [-0.15, -0.1) is 0 Å². The Balaban J connectivity index is 3.05. The lowest BCUT2D eigenvalue weighted by molar-refractivity contribution is 0.0371. The van der Waals surface area contributed by atoms with Crippen molar-refractivity contribution in [2.24, 2.45) is 0 Å². The normalized spacial score (nSPS) is 11.1. The van der Waals surface area contributed by atoms with Crippen molar-refractivity contribution >= 4 is 11.9 Å². The maximum Gasteiger partial charge on any atom is 0.338 e. The highest BCUT2D eigenvalue weighted by atomic mass is 16.4. The summed E-state index contributed by atoms with van der Waals surface area (Å²) in [4.78, 5) is 26.5. The topological polar surface area (TPSA) is 140 Å². The molecule has 5 N–H and O–H groups in total. The van der Waals surface area contributed by atoms with Crippen molar-refractivity contribution in [2.45, 2.75) is 5.54 Å². The van der Waals surface area contributed by atoms with E-state index in [9.17, 15) is 9.59 Å². The van der Waals surface area contributed by atoms with Gasteiger partial charge in [0.2, 0.25) is 0 Å². The molecule has 0 radical (unpaired) electrons. The Bertz CT molecular complexity index is 464. The summed E-state index contributed by atoms with van der Waals surface area (Å²) in [6.45, 7) is -2.12. The molecule has 0 atom stereocenters. The summed E-state index contributed by atoms with van der Waals surface area (Å²) in [5.74, 6) is -2.24. The van der Waals surface area contributed by atoms with Crippen molar-refractivity contribution in [3.63, 3.8) is 0 Å². The van der Waals surface area contributed by atoms with Crippen LogP contribution in [-0.4, -0.2) is 62.6 Å². The maximum absolute atomic E-state index is 11.9. The Morgan fingerprint density at radius 2 is 1.79 bits per heavy atom. The summed E-state index contributed by atoms with van der Waals surface area (Å²) >= 11 is 0. The van der Waals surface area contributed by atoms with Crippen molar-refractivity contribution in [1.82, 2.24) is 10.3 Å². The Hall–Kier alpha value is -2.03. The van der Waals surface area contributed by atoms with E-state index in [1.165, 1.54) is 18.3 Å². The molecule has 19 heavy (non-hydrogen) atoms. The molecule has 8 nitrogen and oxygen atoms in total. The van der Waals surface area contributed by atoms with Gasteiger partial charge in [-0.3, -0.25) is 9.78 Å². The maximum atomic E-state index is 11.9. The fraction of sp³-hybridized carbons (Fsp3) is 0.364. The van der Waals surface area contributed by atoms with Crippen LogP contribution in [-0.2, 0) is 0 Å². The van der Waals surface area contributed by atoms with Crippen LogP contribution in [0.1, 0.15) is 20.8 Å². The third-order valence-corrected chi connectivity index (χ3v) is 2.54. The summed E-state index contributed by atoms with van der Waals surface area (Å²) in [6, 6.07) is 2.56. The lowest BCUT2D eigenvalue weighted by Crippen LogP contribution is -2.57. The summed E-state index contributed by atoms with van der Waals surface area (Å²) in [6.07, 6.45) is 1.24. The van der Waals surface area contributed by atoms with Gasteiger partial charge in [-0.25, -0.2) is 4.79 Å². The highest BCUT2D eigenvalue weighted by Gasteiger charge is 2.32. The van der Waals surface area contributed by atoms with Crippen molar-refractivity contribution < 1.29 is 30.0 Å². The molecule has 0 fully saturated rings. The van der Waals surface area contributed by atoms with Crippen LogP contribution in [0.5, 0.6) is 0 Å². The van der Waals surface area contributed by atoms with Gasteiger partial charge < -0.3 is 25.7 Å². The molecule has 0 bridgehead atoms. The van der Waals surface area contributed by atoms with E-state index < -0.39 is 37.2 Å². The van der Waals surface area contributed by atoms with Gasteiger partial charge in [0, 0.05) is 6.20 Å². The number of amides is 1. The second-order valence-corrected chi connectivity index (χ2v) is 3.91. The molecule has 0 spiro atoms. The van der Waals surface area contributed by atoms with Gasteiger partial charge in [0.15, 0.2) is 0 Å². The Morgan fingerprint density at radius 1 is 1.21 bits per heavy atom. The number of carbonyl (C=O) groups excluding carboxylic acids is 1. The summed E-state index contributed by atoms with van der Waals surface area (Å²) in [7, 11) is 0. The number of aliphatic hydroxyl groups is 3. The molecule has 0 unspecified atom stereocenters. The van der Waals surface area contributed by atoms with Crippen LogP contribution in [0.25, 0.3) is 0 Å². The Kier molecular flexibility index (Phi) is 4.93. The smallest absolute Gasteiger partial charge is 0.338 e. The van der Waals surface area contributed by atoms with Gasteiger partial charge >= 0.3 is 5.97 Å². The molecule has 8 heteroatoms. The van der Waals surface area contributed by atoms with Gasteiger partial charge in [0.25, 0.3) is 5.91 Å². The molecule has 1 aromatic heterocycles. The van der Waals surface area contributed by atoms with E-state index in [-0.39, 0.29) is 11.3 Å². The molecule has 0 aromatic carbocycles. The molecular weight excluding hydrogens is 256 g/mol. The van der Waals surface area contributed by atoms with E-state index in [4.69, 9.17) is 20.4 Å². The van der Waals surface area contributed by atoms with E-state index in [2.05, 4.69) is 10.3 Å². The molecule has 0 aliphatic heterocycles. The minimum absolute atomic E-state index is 0.317. The van der Waals surface area contributed by atoms with Crippen molar-refractivity contribution in [2.75, 3.05) is 19.8 Å². The fourth-order valence-electron chi connectivity index (χ4n) is 1.33. The number of aromatic carboxylic acids is 1. The number of pyridine rings is 1. The van der Waals surface area contributed by atoms with Crippen LogP contribution in [0.4, 0.5) is 0 Å². The Labute approximate surface area is 108 Å². The van der Waals surface area contributed by atoms with Crippen LogP contribution in [0.2, 0.25) is 0 Å². The molecule has 1 aromatic rings. The molecule has 0 aliphatic rings. The first-order chi connectivity index (χ1) is 8.99. The van der Waals surface area contributed by atoms with E-state index >= 15 is 0 Å². The van der Waals surface area contributed by atoms with Crippen LogP contribution in [0.3, 0.4) is 0 Å². The number of aromatic nitrogens is 1. The SMILES string of the molecule is O=C(O)c1cccnc1C(=O)NC(CO)(CO)CO. The monoisotopic (exact) mass is 270 g/mol. The molecule has 1 heterocycles. The lowest BCUT2D eigenvalue weighted by Gasteiger charge is -2.28. The second-order valence-electron chi connectivity index (χ2n) is 3.91. The average molecular weight is 270 g/mol. The first-order valence-electron chi connectivity index (χ1n) is 5.33. The number of aliphatic hydroxyl groups excluding tert-OH is 3. The summed E-state index contributed by atoms with van der Waals surface area (Å²) in [5, 5.41) is 38.3. The summed E-state index contributed by atoms with van der Waals surface area (Å²) < 4.78 is 0. The second kappa shape index (κ2) is 6.23. The van der Waals surface area contributed by atoms with Gasteiger partial charge in [-0.2, -0.15) is 0 Å². The molecule has 1 amide bonds. The van der Waals surface area contributed by atoms with E-state index in [1.54, 1.807) is 0 Å². The zero-order valence-corrected chi connectivity index (χ0v) is 9.91. The predicted molar refractivity (Wildman–Crippen MR) is 62.7 cm³/mol.